The van der Waals surface area contributed by atoms with Gasteiger partial charge in [-0.05, 0) is 30.2 Å². The van der Waals surface area contributed by atoms with E-state index in [1.54, 1.807) is 24.3 Å². The van der Waals surface area contributed by atoms with Crippen molar-refractivity contribution in [3.05, 3.63) is 44.1 Å². The Morgan fingerprint density at radius 2 is 2.05 bits per heavy atom. The number of halogens is 2. The number of ether oxygens (including phenoxy) is 1. The molecule has 0 radical (unpaired) electrons. The van der Waals surface area contributed by atoms with Crippen molar-refractivity contribution in [3.8, 4) is 11.5 Å². The van der Waals surface area contributed by atoms with Gasteiger partial charge in [-0.15, -0.1) is 11.3 Å². The van der Waals surface area contributed by atoms with E-state index in [0.717, 1.165) is 0 Å². The van der Waals surface area contributed by atoms with Gasteiger partial charge in [0.25, 0.3) is 0 Å². The fraction of sp³-hybridized carbons (Fsp3) is 0.214. The average molecular weight is 347 g/mol. The van der Waals surface area contributed by atoms with Crippen LogP contribution in [0.15, 0.2) is 24.3 Å². The molecule has 112 valence electrons. The molecule has 0 saturated carbocycles. The molecule has 0 amide bonds. The predicted molar refractivity (Wildman–Crippen MR) is 83.1 cm³/mol. The average Bonchev–Trinajstić information content (AvgIpc) is 2.86. The minimum Gasteiger partial charge on any atom is -0.503 e. The summed E-state index contributed by atoms with van der Waals surface area (Å²) in [4.78, 5) is 12.1. The Morgan fingerprint density at radius 3 is 2.57 bits per heavy atom. The first-order valence-electron chi connectivity index (χ1n) is 5.96. The molecule has 0 aliphatic rings. The first-order chi connectivity index (χ1) is 9.93. The molecule has 2 N–H and O–H groups in total. The SMILES string of the molecule is COc1ccc(CC(C(=O)O)c2ccc(Cl)s2)c(Cl)c1O. The Kier molecular flexibility index (Phi) is 4.98. The summed E-state index contributed by atoms with van der Waals surface area (Å²) in [5.41, 5.74) is 0.534. The largest absolute Gasteiger partial charge is 0.503 e. The van der Waals surface area contributed by atoms with Crippen molar-refractivity contribution in [2.45, 2.75) is 12.3 Å². The number of hydrogen-bond acceptors (Lipinski definition) is 4. The Labute approximate surface area is 135 Å². The van der Waals surface area contributed by atoms with Gasteiger partial charge in [-0.1, -0.05) is 29.3 Å². The van der Waals surface area contributed by atoms with E-state index in [1.807, 2.05) is 0 Å². The lowest BCUT2D eigenvalue weighted by Crippen LogP contribution is -2.13. The molecule has 0 aliphatic heterocycles. The van der Waals surface area contributed by atoms with E-state index in [4.69, 9.17) is 27.9 Å². The maximum absolute atomic E-state index is 11.5. The summed E-state index contributed by atoms with van der Waals surface area (Å²) < 4.78 is 5.48. The summed E-state index contributed by atoms with van der Waals surface area (Å²) in [5.74, 6) is -1.69. The normalized spacial score (nSPS) is 12.1. The lowest BCUT2D eigenvalue weighted by molar-refractivity contribution is -0.138. The number of phenolic OH excluding ortho intramolecular Hbond substituents is 1. The van der Waals surface area contributed by atoms with Crippen LogP contribution < -0.4 is 4.74 Å². The summed E-state index contributed by atoms with van der Waals surface area (Å²) in [6.45, 7) is 0. The zero-order valence-corrected chi connectivity index (χ0v) is 13.3. The van der Waals surface area contributed by atoms with Gasteiger partial charge in [-0.3, -0.25) is 4.79 Å². The zero-order chi connectivity index (χ0) is 15.6. The fourth-order valence-electron chi connectivity index (χ4n) is 1.96. The molecule has 1 atom stereocenters. The van der Waals surface area contributed by atoms with Crippen LogP contribution in [-0.4, -0.2) is 23.3 Å². The Morgan fingerprint density at radius 1 is 1.33 bits per heavy atom. The van der Waals surface area contributed by atoms with Gasteiger partial charge >= 0.3 is 5.97 Å². The number of phenols is 1. The van der Waals surface area contributed by atoms with E-state index in [9.17, 15) is 15.0 Å². The van der Waals surface area contributed by atoms with E-state index in [2.05, 4.69) is 0 Å². The molecule has 1 aromatic carbocycles. The molecule has 0 saturated heterocycles. The van der Waals surface area contributed by atoms with E-state index in [0.29, 0.717) is 14.8 Å². The van der Waals surface area contributed by atoms with Crippen molar-refractivity contribution in [1.82, 2.24) is 0 Å². The Balaban J connectivity index is 2.34. The molecule has 21 heavy (non-hydrogen) atoms. The van der Waals surface area contributed by atoms with Crippen LogP contribution >= 0.6 is 34.5 Å². The third-order valence-electron chi connectivity index (χ3n) is 3.04. The highest BCUT2D eigenvalue weighted by atomic mass is 35.5. The number of carboxylic acid groups (broad SMARTS) is 1. The Bertz CT molecular complexity index is 669. The lowest BCUT2D eigenvalue weighted by Gasteiger charge is -2.14. The van der Waals surface area contributed by atoms with Gasteiger partial charge in [0, 0.05) is 4.88 Å². The maximum Gasteiger partial charge on any atom is 0.312 e. The number of aliphatic carboxylic acids is 1. The van der Waals surface area contributed by atoms with Crippen LogP contribution in [0, 0.1) is 0 Å². The first kappa shape index (κ1) is 15.9. The summed E-state index contributed by atoms with van der Waals surface area (Å²) in [6.07, 6.45) is 0.155. The van der Waals surface area contributed by atoms with Crippen molar-refractivity contribution in [2.24, 2.45) is 0 Å². The van der Waals surface area contributed by atoms with Gasteiger partial charge in [0.15, 0.2) is 11.5 Å². The van der Waals surface area contributed by atoms with Crippen molar-refractivity contribution >= 4 is 40.5 Å². The number of hydrogen-bond donors (Lipinski definition) is 2. The number of benzene rings is 1. The highest BCUT2D eigenvalue weighted by Gasteiger charge is 2.24. The number of aromatic hydroxyl groups is 1. The highest BCUT2D eigenvalue weighted by Crippen LogP contribution is 2.39. The second kappa shape index (κ2) is 6.56. The van der Waals surface area contributed by atoms with Crippen LogP contribution in [0.3, 0.4) is 0 Å². The topological polar surface area (TPSA) is 66.8 Å². The second-order valence-electron chi connectivity index (χ2n) is 4.33. The number of carboxylic acids is 1. The molecule has 7 heteroatoms. The van der Waals surface area contributed by atoms with Crippen LogP contribution in [0.5, 0.6) is 11.5 Å². The zero-order valence-electron chi connectivity index (χ0n) is 11.0. The molecule has 0 aliphatic carbocycles. The smallest absolute Gasteiger partial charge is 0.312 e. The van der Waals surface area contributed by atoms with Gasteiger partial charge in [0.05, 0.1) is 22.4 Å². The van der Waals surface area contributed by atoms with Gasteiger partial charge in [-0.25, -0.2) is 0 Å². The third-order valence-corrected chi connectivity index (χ3v) is 4.81. The molecule has 1 aromatic heterocycles. The fourth-order valence-corrected chi connectivity index (χ4v) is 3.34. The first-order valence-corrected chi connectivity index (χ1v) is 7.53. The lowest BCUT2D eigenvalue weighted by atomic mass is 9.97. The monoisotopic (exact) mass is 346 g/mol. The van der Waals surface area contributed by atoms with Gasteiger partial charge in [-0.2, -0.15) is 0 Å². The van der Waals surface area contributed by atoms with Gasteiger partial charge in [0.1, 0.15) is 0 Å². The molecule has 1 heterocycles. The van der Waals surface area contributed by atoms with Crippen molar-refractivity contribution in [3.63, 3.8) is 0 Å². The van der Waals surface area contributed by atoms with Crippen LogP contribution in [-0.2, 0) is 11.2 Å². The van der Waals surface area contributed by atoms with Crippen molar-refractivity contribution in [2.75, 3.05) is 7.11 Å². The standard InChI is InChI=1S/C14H12Cl2O4S/c1-20-9-3-2-7(12(16)13(9)17)6-8(14(18)19)10-4-5-11(15)21-10/h2-5,8,17H,6H2,1H3,(H,18,19). The van der Waals surface area contributed by atoms with Gasteiger partial charge in [0.2, 0.25) is 0 Å². The molecular formula is C14H12Cl2O4S. The summed E-state index contributed by atoms with van der Waals surface area (Å²) in [7, 11) is 1.42. The summed E-state index contributed by atoms with van der Waals surface area (Å²) in [5, 5.41) is 19.4. The number of rotatable bonds is 5. The Hall–Kier alpha value is -1.43. The van der Waals surface area contributed by atoms with Crippen molar-refractivity contribution < 1.29 is 19.7 Å². The predicted octanol–water partition coefficient (Wildman–Crippen LogP) is 4.18. The minimum absolute atomic E-state index is 0.100. The minimum atomic E-state index is -0.972. The molecule has 0 fully saturated rings. The van der Waals surface area contributed by atoms with Crippen LogP contribution in [0.2, 0.25) is 9.36 Å². The highest BCUT2D eigenvalue weighted by molar-refractivity contribution is 7.16. The molecule has 4 nitrogen and oxygen atoms in total. The summed E-state index contributed by atoms with van der Waals surface area (Å²) >= 11 is 13.1. The van der Waals surface area contributed by atoms with E-state index in [1.165, 1.54) is 18.4 Å². The number of methoxy groups -OCH3 is 1. The number of thiophene rings is 1. The maximum atomic E-state index is 11.5. The third kappa shape index (κ3) is 3.43. The summed E-state index contributed by atoms with van der Waals surface area (Å²) in [6, 6.07) is 6.54. The number of carbonyl (C=O) groups is 1. The van der Waals surface area contributed by atoms with Crippen LogP contribution in [0.25, 0.3) is 0 Å². The molecule has 2 aromatic rings. The van der Waals surface area contributed by atoms with Crippen molar-refractivity contribution in [1.29, 1.82) is 0 Å². The quantitative estimate of drug-likeness (QED) is 0.852. The molecule has 0 spiro atoms. The molecule has 1 unspecified atom stereocenters. The second-order valence-corrected chi connectivity index (χ2v) is 6.45. The van der Waals surface area contributed by atoms with E-state index < -0.39 is 11.9 Å². The van der Waals surface area contributed by atoms with Gasteiger partial charge < -0.3 is 14.9 Å². The molecule has 0 bridgehead atoms. The molecular weight excluding hydrogens is 335 g/mol. The van der Waals surface area contributed by atoms with Crippen LogP contribution in [0.4, 0.5) is 0 Å². The van der Waals surface area contributed by atoms with E-state index in [-0.39, 0.29) is 22.9 Å². The molecule has 2 rings (SSSR count). The van der Waals surface area contributed by atoms with E-state index >= 15 is 0 Å². The van der Waals surface area contributed by atoms with Crippen LogP contribution in [0.1, 0.15) is 16.4 Å².